The zero-order chi connectivity index (χ0) is 15.1. The van der Waals surface area contributed by atoms with Crippen molar-refractivity contribution in [3.63, 3.8) is 0 Å². The van der Waals surface area contributed by atoms with Crippen molar-refractivity contribution >= 4 is 16.8 Å². The number of nitrogens with zero attached hydrogens (tertiary/aromatic N) is 2. The van der Waals surface area contributed by atoms with E-state index in [1.165, 1.54) is 25.3 Å². The number of rotatable bonds is 2. The zero-order valence-electron chi connectivity index (χ0n) is 10.5. The van der Waals surface area contributed by atoms with Crippen LogP contribution in [0.5, 0.6) is 5.75 Å². The standard InChI is InChI=1S/C12H9F3N2O3/c1-17-8-5-6(20-2)3-4-7(8)9(11(18)16-19)10(17)12(13,14)15/h3-5H,1-2H3. The van der Waals surface area contributed by atoms with E-state index >= 15 is 0 Å². The van der Waals surface area contributed by atoms with Crippen molar-refractivity contribution in [1.29, 1.82) is 0 Å². The lowest BCUT2D eigenvalue weighted by Gasteiger charge is -2.09. The van der Waals surface area contributed by atoms with Crippen molar-refractivity contribution in [2.75, 3.05) is 7.11 Å². The maximum atomic E-state index is 13.1. The molecule has 106 valence electrons. The highest BCUT2D eigenvalue weighted by Gasteiger charge is 2.40. The summed E-state index contributed by atoms with van der Waals surface area (Å²) >= 11 is 0. The number of aromatic nitrogens is 1. The molecule has 2 rings (SSSR count). The summed E-state index contributed by atoms with van der Waals surface area (Å²) in [6.45, 7) is 0. The maximum Gasteiger partial charge on any atom is 0.432 e. The van der Waals surface area contributed by atoms with E-state index in [9.17, 15) is 22.9 Å². The van der Waals surface area contributed by atoms with Crippen molar-refractivity contribution in [2.24, 2.45) is 12.2 Å². The number of amides is 1. The Morgan fingerprint density at radius 1 is 1.35 bits per heavy atom. The third kappa shape index (κ3) is 2.02. The molecule has 20 heavy (non-hydrogen) atoms. The van der Waals surface area contributed by atoms with Crippen LogP contribution in [0.4, 0.5) is 13.2 Å². The van der Waals surface area contributed by atoms with Gasteiger partial charge in [-0.1, -0.05) is 0 Å². The number of hydrogen-bond donors (Lipinski definition) is 0. The summed E-state index contributed by atoms with van der Waals surface area (Å²) in [7, 11) is 2.53. The van der Waals surface area contributed by atoms with E-state index < -0.39 is 23.3 Å². The molecule has 1 amide bonds. The van der Waals surface area contributed by atoms with Gasteiger partial charge in [0.25, 0.3) is 0 Å². The van der Waals surface area contributed by atoms with Crippen LogP contribution in [-0.4, -0.2) is 17.6 Å². The van der Waals surface area contributed by atoms with Gasteiger partial charge in [-0.05, 0) is 12.1 Å². The maximum absolute atomic E-state index is 13.1. The van der Waals surface area contributed by atoms with Crippen molar-refractivity contribution in [2.45, 2.75) is 6.18 Å². The predicted octanol–water partition coefficient (Wildman–Crippen LogP) is 3.11. The van der Waals surface area contributed by atoms with Crippen LogP contribution < -0.4 is 4.74 Å². The number of hydrogen-bond acceptors (Lipinski definition) is 3. The summed E-state index contributed by atoms with van der Waals surface area (Å²) in [6, 6.07) is 4.05. The fraction of sp³-hybridized carbons (Fsp3) is 0.250. The molecular weight excluding hydrogens is 277 g/mol. The second-order valence-corrected chi connectivity index (χ2v) is 4.06. The Kier molecular flexibility index (Phi) is 3.24. The molecular formula is C12H9F3N2O3. The van der Waals surface area contributed by atoms with Crippen molar-refractivity contribution in [3.05, 3.63) is 34.4 Å². The highest BCUT2D eigenvalue weighted by atomic mass is 19.4. The lowest BCUT2D eigenvalue weighted by Crippen LogP contribution is -2.15. The molecule has 2 aromatic rings. The fourth-order valence-electron chi connectivity index (χ4n) is 2.14. The number of carbonyl (C=O) groups is 1. The van der Waals surface area contributed by atoms with Gasteiger partial charge in [0.2, 0.25) is 0 Å². The van der Waals surface area contributed by atoms with Crippen LogP contribution in [0.15, 0.2) is 23.4 Å². The van der Waals surface area contributed by atoms with Gasteiger partial charge >= 0.3 is 12.1 Å². The first kappa shape index (κ1) is 14.0. The largest absolute Gasteiger partial charge is 0.497 e. The number of methoxy groups -OCH3 is 1. The van der Waals surface area contributed by atoms with Gasteiger partial charge in [-0.25, -0.2) is 0 Å². The zero-order valence-corrected chi connectivity index (χ0v) is 10.5. The van der Waals surface area contributed by atoms with Gasteiger partial charge in [0, 0.05) is 23.7 Å². The summed E-state index contributed by atoms with van der Waals surface area (Å²) in [6.07, 6.45) is -4.78. The number of fused-ring (bicyclic) bond motifs is 1. The number of halogens is 3. The Labute approximate surface area is 110 Å². The van der Waals surface area contributed by atoms with E-state index in [0.717, 1.165) is 11.6 Å². The summed E-state index contributed by atoms with van der Waals surface area (Å²) in [5.41, 5.74) is -1.82. The third-order valence-electron chi connectivity index (χ3n) is 2.97. The molecule has 8 heteroatoms. The molecule has 0 saturated heterocycles. The average Bonchev–Trinajstić information content (AvgIpc) is 2.70. The Hall–Kier alpha value is -2.38. The second-order valence-electron chi connectivity index (χ2n) is 4.06. The lowest BCUT2D eigenvalue weighted by molar-refractivity contribution is -0.143. The van der Waals surface area contributed by atoms with Crippen LogP contribution in [-0.2, 0) is 13.2 Å². The third-order valence-corrected chi connectivity index (χ3v) is 2.97. The first-order valence-electron chi connectivity index (χ1n) is 5.42. The second kappa shape index (κ2) is 4.62. The summed E-state index contributed by atoms with van der Waals surface area (Å²) in [5, 5.41) is 2.11. The van der Waals surface area contributed by atoms with Gasteiger partial charge in [0.05, 0.1) is 18.2 Å². The molecule has 1 aromatic heterocycles. The van der Waals surface area contributed by atoms with Gasteiger partial charge in [0.1, 0.15) is 11.4 Å². The molecule has 0 unspecified atom stereocenters. The first-order chi connectivity index (χ1) is 9.31. The van der Waals surface area contributed by atoms with E-state index in [1.807, 2.05) is 0 Å². The molecule has 1 heterocycles. The van der Waals surface area contributed by atoms with Crippen molar-refractivity contribution < 1.29 is 22.7 Å². The van der Waals surface area contributed by atoms with E-state index in [4.69, 9.17) is 4.74 Å². The van der Waals surface area contributed by atoms with Gasteiger partial charge in [0.15, 0.2) is 0 Å². The van der Waals surface area contributed by atoms with Crippen molar-refractivity contribution in [1.82, 2.24) is 4.57 Å². The molecule has 0 aliphatic heterocycles. The Morgan fingerprint density at radius 2 is 2.00 bits per heavy atom. The van der Waals surface area contributed by atoms with Crippen LogP contribution in [0.1, 0.15) is 16.1 Å². The smallest absolute Gasteiger partial charge is 0.432 e. The Morgan fingerprint density at radius 3 is 2.50 bits per heavy atom. The van der Waals surface area contributed by atoms with Crippen LogP contribution in [0.25, 0.3) is 10.9 Å². The topological polar surface area (TPSA) is 60.7 Å². The van der Waals surface area contributed by atoms with Crippen LogP contribution >= 0.6 is 0 Å². The minimum absolute atomic E-state index is 0.00484. The lowest BCUT2D eigenvalue weighted by atomic mass is 10.1. The number of benzene rings is 1. The minimum Gasteiger partial charge on any atom is -0.497 e. The molecule has 0 radical (unpaired) electrons. The molecule has 0 N–H and O–H groups in total. The number of carbonyl (C=O) groups excluding carboxylic acids is 1. The Balaban J connectivity index is 2.92. The van der Waals surface area contributed by atoms with Crippen LogP contribution in [0.2, 0.25) is 0 Å². The molecule has 0 spiro atoms. The summed E-state index contributed by atoms with van der Waals surface area (Å²) in [5.74, 6) is -1.11. The summed E-state index contributed by atoms with van der Waals surface area (Å²) in [4.78, 5) is 21.8. The van der Waals surface area contributed by atoms with Gasteiger partial charge in [-0.15, -0.1) is 4.91 Å². The molecule has 0 atom stereocenters. The highest BCUT2D eigenvalue weighted by Crippen LogP contribution is 2.38. The quantitative estimate of drug-likeness (QED) is 0.797. The minimum atomic E-state index is -4.78. The van der Waals surface area contributed by atoms with E-state index in [0.29, 0.717) is 5.75 Å². The van der Waals surface area contributed by atoms with E-state index in [2.05, 4.69) is 5.18 Å². The molecule has 0 bridgehead atoms. The highest BCUT2D eigenvalue weighted by molar-refractivity contribution is 6.09. The molecule has 0 fully saturated rings. The predicted molar refractivity (Wildman–Crippen MR) is 64.6 cm³/mol. The van der Waals surface area contributed by atoms with Crippen LogP contribution in [0.3, 0.4) is 0 Å². The Bertz CT molecular complexity index is 704. The van der Waals surface area contributed by atoms with Crippen LogP contribution in [0, 0.1) is 4.91 Å². The van der Waals surface area contributed by atoms with Gasteiger partial charge < -0.3 is 9.30 Å². The SMILES string of the molecule is COc1ccc2c(C(=O)N=O)c(C(F)(F)F)n(C)c2c1. The average molecular weight is 286 g/mol. The molecule has 5 nitrogen and oxygen atoms in total. The first-order valence-corrected chi connectivity index (χ1v) is 5.42. The normalized spacial score (nSPS) is 11.7. The molecule has 0 aliphatic carbocycles. The molecule has 1 aromatic carbocycles. The number of aryl methyl sites for hydroxylation is 1. The number of alkyl halides is 3. The summed E-state index contributed by atoms with van der Waals surface area (Å²) < 4.78 is 45.0. The van der Waals surface area contributed by atoms with E-state index in [-0.39, 0.29) is 10.9 Å². The number of ether oxygens (including phenoxy) is 1. The molecule has 0 aliphatic rings. The number of nitroso groups, excluding NO2 is 1. The van der Waals surface area contributed by atoms with Crippen molar-refractivity contribution in [3.8, 4) is 5.75 Å². The molecule has 0 saturated carbocycles. The van der Waals surface area contributed by atoms with E-state index in [1.54, 1.807) is 0 Å². The monoisotopic (exact) mass is 286 g/mol. The van der Waals surface area contributed by atoms with Gasteiger partial charge in [-0.3, -0.25) is 4.79 Å². The van der Waals surface area contributed by atoms with Gasteiger partial charge in [-0.2, -0.15) is 13.2 Å². The fourth-order valence-corrected chi connectivity index (χ4v) is 2.14.